The van der Waals surface area contributed by atoms with Crippen LogP contribution in [-0.4, -0.2) is 15.7 Å². The van der Waals surface area contributed by atoms with Gasteiger partial charge in [-0.15, -0.1) is 0 Å². The van der Waals surface area contributed by atoms with Crippen molar-refractivity contribution in [2.45, 2.75) is 0 Å². The van der Waals surface area contributed by atoms with Crippen LogP contribution in [0, 0.1) is 5.21 Å². The van der Waals surface area contributed by atoms with Gasteiger partial charge in [-0.05, 0) is 12.1 Å². The highest BCUT2D eigenvalue weighted by molar-refractivity contribution is 6.38. The Labute approximate surface area is 129 Å². The summed E-state index contributed by atoms with van der Waals surface area (Å²) in [7, 11) is 0. The molecule has 0 saturated heterocycles. The second-order valence-corrected chi connectivity index (χ2v) is 5.51. The minimum absolute atomic E-state index is 0.297. The van der Waals surface area contributed by atoms with E-state index in [4.69, 9.17) is 23.2 Å². The van der Waals surface area contributed by atoms with Gasteiger partial charge in [0.25, 0.3) is 0 Å². The topological polar surface area (TPSA) is 61.2 Å². The van der Waals surface area contributed by atoms with Gasteiger partial charge in [-0.3, -0.25) is 0 Å². The van der Waals surface area contributed by atoms with Crippen molar-refractivity contribution in [1.82, 2.24) is 9.97 Å². The van der Waals surface area contributed by atoms with E-state index in [1.165, 1.54) is 0 Å². The molecule has 3 aromatic rings. The minimum atomic E-state index is 0.297. The predicted octanol–water partition coefficient (Wildman–Crippen LogP) is 4.25. The monoisotopic (exact) mass is 314 g/mol. The van der Waals surface area contributed by atoms with Crippen LogP contribution in [-0.2, 0) is 0 Å². The van der Waals surface area contributed by atoms with E-state index < -0.39 is 0 Å². The first-order valence-corrected chi connectivity index (χ1v) is 6.92. The van der Waals surface area contributed by atoms with Gasteiger partial charge >= 0.3 is 0 Å². The Balaban J connectivity index is 2.14. The molecule has 0 N–H and O–H groups in total. The maximum Gasteiger partial charge on any atom is 0.115 e. The molecule has 4 rings (SSSR count). The zero-order valence-electron chi connectivity index (χ0n) is 10.5. The lowest BCUT2D eigenvalue weighted by Gasteiger charge is -2.06. The Morgan fingerprint density at radius 1 is 0.952 bits per heavy atom. The number of aromatic nitrogens is 2. The highest BCUT2D eigenvalue weighted by Crippen LogP contribution is 2.37. The molecule has 0 amide bonds. The summed E-state index contributed by atoms with van der Waals surface area (Å²) in [6.45, 7) is 0. The molecule has 4 nitrogen and oxygen atoms in total. The van der Waals surface area contributed by atoms with Crippen LogP contribution in [0.4, 0.5) is 0 Å². The average molecular weight is 315 g/mol. The van der Waals surface area contributed by atoms with Crippen molar-refractivity contribution >= 4 is 39.9 Å². The standard InChI is InChI=1S/C15H7Cl2N3O/c16-7-5-10(17)14-11(6-7)18-15-12(19-14)8-3-1-2-4-9(8)13(15)20-21/h1-6,21H/p-1/b20-13-. The molecule has 1 aliphatic carbocycles. The summed E-state index contributed by atoms with van der Waals surface area (Å²) in [4.78, 5) is 9.05. The third-order valence-corrected chi connectivity index (χ3v) is 3.95. The lowest BCUT2D eigenvalue weighted by molar-refractivity contribution is 1.28. The highest BCUT2D eigenvalue weighted by atomic mass is 35.5. The maximum atomic E-state index is 11.2. The van der Waals surface area contributed by atoms with Crippen LogP contribution in [0.1, 0.15) is 11.3 Å². The van der Waals surface area contributed by atoms with E-state index in [0.717, 1.165) is 11.1 Å². The molecule has 102 valence electrons. The van der Waals surface area contributed by atoms with E-state index in [1.807, 2.05) is 24.3 Å². The van der Waals surface area contributed by atoms with Crippen LogP contribution >= 0.6 is 23.2 Å². The van der Waals surface area contributed by atoms with Gasteiger partial charge in [-0.1, -0.05) is 47.5 Å². The first-order chi connectivity index (χ1) is 10.2. The second-order valence-electron chi connectivity index (χ2n) is 4.66. The lowest BCUT2D eigenvalue weighted by Crippen LogP contribution is -2.01. The first-order valence-electron chi connectivity index (χ1n) is 6.16. The molecule has 0 fully saturated rings. The summed E-state index contributed by atoms with van der Waals surface area (Å²) in [5.74, 6) is 0. The predicted molar refractivity (Wildman–Crippen MR) is 84.0 cm³/mol. The quantitative estimate of drug-likeness (QED) is 0.456. The number of nitrogens with zero attached hydrogens (tertiary/aromatic N) is 3. The van der Waals surface area contributed by atoms with E-state index >= 15 is 0 Å². The Morgan fingerprint density at radius 3 is 2.48 bits per heavy atom. The normalized spacial score (nSPS) is 14.5. The smallest absolute Gasteiger partial charge is 0.115 e. The molecule has 21 heavy (non-hydrogen) atoms. The van der Waals surface area contributed by atoms with E-state index in [1.54, 1.807) is 12.1 Å². The molecule has 2 aromatic carbocycles. The summed E-state index contributed by atoms with van der Waals surface area (Å²) >= 11 is 12.2. The van der Waals surface area contributed by atoms with Gasteiger partial charge in [-0.25, -0.2) is 9.97 Å². The average Bonchev–Trinajstić information content (AvgIpc) is 2.78. The van der Waals surface area contributed by atoms with E-state index in [-0.39, 0.29) is 0 Å². The van der Waals surface area contributed by atoms with Gasteiger partial charge in [-0.2, -0.15) is 0 Å². The molecule has 6 heteroatoms. The van der Waals surface area contributed by atoms with Crippen molar-refractivity contribution in [1.29, 1.82) is 0 Å². The van der Waals surface area contributed by atoms with Gasteiger partial charge < -0.3 is 10.4 Å². The van der Waals surface area contributed by atoms with Crippen molar-refractivity contribution < 1.29 is 0 Å². The van der Waals surface area contributed by atoms with Crippen molar-refractivity contribution in [3.05, 3.63) is 62.9 Å². The van der Waals surface area contributed by atoms with Crippen LogP contribution in [0.5, 0.6) is 0 Å². The molecule has 0 saturated carbocycles. The number of halogens is 2. The van der Waals surface area contributed by atoms with Crippen LogP contribution < -0.4 is 0 Å². The molecule has 1 aliphatic rings. The fourth-order valence-corrected chi connectivity index (χ4v) is 3.08. The molecule has 0 radical (unpaired) electrons. The molecule has 1 heterocycles. The summed E-state index contributed by atoms with van der Waals surface area (Å²) in [6.07, 6.45) is 0. The third-order valence-electron chi connectivity index (χ3n) is 3.44. The van der Waals surface area contributed by atoms with Gasteiger partial charge in [0.05, 0.1) is 21.9 Å². The Bertz CT molecular complexity index is 938. The summed E-state index contributed by atoms with van der Waals surface area (Å²) in [6, 6.07) is 10.7. The summed E-state index contributed by atoms with van der Waals surface area (Å²) in [5, 5.41) is 15.2. The Hall–Kier alpha value is -2.17. The fourth-order valence-electron chi connectivity index (χ4n) is 2.56. The fraction of sp³-hybridized carbons (Fsp3) is 0. The number of hydrogen-bond acceptors (Lipinski definition) is 4. The number of benzene rings is 2. The molecule has 0 spiro atoms. The van der Waals surface area contributed by atoms with Gasteiger partial charge in [0.15, 0.2) is 0 Å². The van der Waals surface area contributed by atoms with Crippen molar-refractivity contribution in [2.75, 3.05) is 0 Å². The van der Waals surface area contributed by atoms with Crippen molar-refractivity contribution in [2.24, 2.45) is 5.16 Å². The van der Waals surface area contributed by atoms with Crippen LogP contribution in [0.25, 0.3) is 22.3 Å². The lowest BCUT2D eigenvalue weighted by atomic mass is 10.1. The van der Waals surface area contributed by atoms with Crippen LogP contribution in [0.15, 0.2) is 41.6 Å². The van der Waals surface area contributed by atoms with Gasteiger partial charge in [0.1, 0.15) is 11.2 Å². The Morgan fingerprint density at radius 2 is 1.71 bits per heavy atom. The van der Waals surface area contributed by atoms with Crippen molar-refractivity contribution in [3.8, 4) is 11.3 Å². The summed E-state index contributed by atoms with van der Waals surface area (Å²) in [5.41, 5.74) is 4.06. The number of rotatable bonds is 0. The molecular weight excluding hydrogens is 309 g/mol. The molecule has 1 aromatic heterocycles. The maximum absolute atomic E-state index is 11.2. The van der Waals surface area contributed by atoms with Gasteiger partial charge in [0, 0.05) is 16.1 Å². The SMILES string of the molecule is [O-]/N=C1/c2ccccc2-c2nc3c(Cl)cc(Cl)cc3nc21. The Kier molecular flexibility index (Phi) is 2.64. The van der Waals surface area contributed by atoms with Crippen molar-refractivity contribution in [3.63, 3.8) is 0 Å². The van der Waals surface area contributed by atoms with Crippen LogP contribution in [0.3, 0.4) is 0 Å². The highest BCUT2D eigenvalue weighted by Gasteiger charge is 2.27. The third kappa shape index (κ3) is 1.73. The first kappa shape index (κ1) is 12.6. The van der Waals surface area contributed by atoms with E-state index in [9.17, 15) is 5.21 Å². The van der Waals surface area contributed by atoms with E-state index in [0.29, 0.717) is 38.2 Å². The molecule has 0 unspecified atom stereocenters. The van der Waals surface area contributed by atoms with Gasteiger partial charge in [0.2, 0.25) is 0 Å². The number of fused-ring (bicyclic) bond motifs is 4. The minimum Gasteiger partial charge on any atom is -0.791 e. The molecule has 0 atom stereocenters. The zero-order valence-corrected chi connectivity index (χ0v) is 12.0. The van der Waals surface area contributed by atoms with E-state index in [2.05, 4.69) is 15.1 Å². The molecule has 0 aliphatic heterocycles. The molecule has 0 bridgehead atoms. The number of hydrogen-bond donors (Lipinski definition) is 0. The van der Waals surface area contributed by atoms with Crippen LogP contribution in [0.2, 0.25) is 10.0 Å². The second kappa shape index (κ2) is 4.41. The largest absolute Gasteiger partial charge is 0.791 e. The molecular formula is C15H6Cl2N3O-. The summed E-state index contributed by atoms with van der Waals surface area (Å²) < 4.78 is 0. The zero-order chi connectivity index (χ0) is 14.6.